The SMILES string of the molecule is Cn1c(N)nc2c(-c3ccnc(Cl)n3)c(N)ccc21. The van der Waals surface area contributed by atoms with Crippen molar-refractivity contribution in [3.05, 3.63) is 29.7 Å². The molecular formula is C12H11ClN6. The molecule has 6 nitrogen and oxygen atoms in total. The molecule has 0 saturated heterocycles. The van der Waals surface area contributed by atoms with Gasteiger partial charge in [-0.3, -0.25) is 0 Å². The first kappa shape index (κ1) is 11.7. The van der Waals surface area contributed by atoms with Gasteiger partial charge in [0, 0.05) is 18.9 Å². The van der Waals surface area contributed by atoms with Crippen LogP contribution < -0.4 is 11.5 Å². The van der Waals surface area contributed by atoms with Crippen LogP contribution in [0.15, 0.2) is 24.4 Å². The molecule has 0 aliphatic rings. The fourth-order valence-electron chi connectivity index (χ4n) is 2.04. The van der Waals surface area contributed by atoms with Crippen molar-refractivity contribution in [2.24, 2.45) is 7.05 Å². The van der Waals surface area contributed by atoms with E-state index in [0.717, 1.165) is 5.52 Å². The zero-order valence-electron chi connectivity index (χ0n) is 10.1. The van der Waals surface area contributed by atoms with E-state index in [9.17, 15) is 0 Å². The molecule has 0 atom stereocenters. The van der Waals surface area contributed by atoms with Crippen molar-refractivity contribution in [3.63, 3.8) is 0 Å². The Balaban J connectivity index is 2.39. The predicted octanol–water partition coefficient (Wildman–Crippen LogP) is 1.85. The fraction of sp³-hybridized carbons (Fsp3) is 0.0833. The molecule has 19 heavy (non-hydrogen) atoms. The molecule has 7 heteroatoms. The molecule has 0 saturated carbocycles. The lowest BCUT2D eigenvalue weighted by Gasteiger charge is -2.06. The van der Waals surface area contributed by atoms with E-state index in [1.165, 1.54) is 0 Å². The van der Waals surface area contributed by atoms with Gasteiger partial charge in [-0.05, 0) is 29.8 Å². The van der Waals surface area contributed by atoms with Gasteiger partial charge in [-0.2, -0.15) is 0 Å². The highest BCUT2D eigenvalue weighted by atomic mass is 35.5. The van der Waals surface area contributed by atoms with Gasteiger partial charge in [0.15, 0.2) is 0 Å². The molecule has 0 fully saturated rings. The summed E-state index contributed by atoms with van der Waals surface area (Å²) >= 11 is 5.82. The number of imidazole rings is 1. The number of hydrogen-bond donors (Lipinski definition) is 2. The number of nitrogens with zero attached hydrogens (tertiary/aromatic N) is 4. The molecular weight excluding hydrogens is 264 g/mol. The van der Waals surface area contributed by atoms with E-state index >= 15 is 0 Å². The molecule has 4 N–H and O–H groups in total. The summed E-state index contributed by atoms with van der Waals surface area (Å²) in [5.74, 6) is 0.419. The zero-order chi connectivity index (χ0) is 13.6. The van der Waals surface area contributed by atoms with Crippen LogP contribution in [0.1, 0.15) is 0 Å². The van der Waals surface area contributed by atoms with Crippen LogP contribution in [0.5, 0.6) is 0 Å². The number of nitrogens with two attached hydrogens (primary N) is 2. The van der Waals surface area contributed by atoms with Crippen molar-refractivity contribution in [1.29, 1.82) is 0 Å². The summed E-state index contributed by atoms with van der Waals surface area (Å²) in [6.45, 7) is 0. The fourth-order valence-corrected chi connectivity index (χ4v) is 2.18. The van der Waals surface area contributed by atoms with Crippen LogP contribution in [0.2, 0.25) is 5.28 Å². The molecule has 0 aliphatic carbocycles. The Kier molecular flexibility index (Phi) is 2.53. The smallest absolute Gasteiger partial charge is 0.222 e. The van der Waals surface area contributed by atoms with Gasteiger partial charge in [0.25, 0.3) is 0 Å². The maximum absolute atomic E-state index is 6.03. The van der Waals surface area contributed by atoms with E-state index in [2.05, 4.69) is 15.0 Å². The normalized spacial score (nSPS) is 11.1. The molecule has 3 aromatic rings. The second kappa shape index (κ2) is 4.10. The van der Waals surface area contributed by atoms with Crippen LogP contribution in [0.3, 0.4) is 0 Å². The van der Waals surface area contributed by atoms with Crippen LogP contribution in [0.4, 0.5) is 11.6 Å². The maximum atomic E-state index is 6.03. The standard InChI is InChI=1S/C12H11ClN6/c1-19-8-3-2-6(14)9(10(8)18-12(19)15)7-4-5-16-11(13)17-7/h2-5H,14H2,1H3,(H2,15,18). The lowest BCUT2D eigenvalue weighted by Crippen LogP contribution is -1.96. The number of nitrogen functional groups attached to an aromatic ring is 2. The molecule has 3 rings (SSSR count). The average molecular weight is 275 g/mol. The van der Waals surface area contributed by atoms with Gasteiger partial charge in [-0.1, -0.05) is 0 Å². The maximum Gasteiger partial charge on any atom is 0.222 e. The second-order valence-electron chi connectivity index (χ2n) is 4.14. The van der Waals surface area contributed by atoms with E-state index < -0.39 is 0 Å². The predicted molar refractivity (Wildman–Crippen MR) is 75.6 cm³/mol. The molecule has 0 aliphatic heterocycles. The highest BCUT2D eigenvalue weighted by Crippen LogP contribution is 2.33. The van der Waals surface area contributed by atoms with Crippen LogP contribution in [0, 0.1) is 0 Å². The van der Waals surface area contributed by atoms with Crippen molar-refractivity contribution < 1.29 is 0 Å². The summed E-state index contributed by atoms with van der Waals surface area (Å²) in [5, 5.41) is 0.165. The molecule has 1 aromatic carbocycles. The third-order valence-corrected chi connectivity index (χ3v) is 3.18. The Morgan fingerprint density at radius 2 is 1.95 bits per heavy atom. The number of benzene rings is 1. The summed E-state index contributed by atoms with van der Waals surface area (Å²) in [4.78, 5) is 12.4. The molecule has 0 radical (unpaired) electrons. The minimum atomic E-state index is 0.165. The Labute approximate surface area is 114 Å². The molecule has 96 valence electrons. The molecule has 0 spiro atoms. The van der Waals surface area contributed by atoms with E-state index in [0.29, 0.717) is 28.4 Å². The van der Waals surface area contributed by atoms with Crippen molar-refractivity contribution in [2.45, 2.75) is 0 Å². The Hall–Kier alpha value is -2.34. The number of halogens is 1. The van der Waals surface area contributed by atoms with E-state index in [1.807, 2.05) is 13.1 Å². The lowest BCUT2D eigenvalue weighted by molar-refractivity contribution is 0.965. The van der Waals surface area contributed by atoms with Gasteiger partial charge in [0.05, 0.1) is 16.8 Å². The third-order valence-electron chi connectivity index (χ3n) is 3.00. The first-order chi connectivity index (χ1) is 9.08. The monoisotopic (exact) mass is 274 g/mol. The van der Waals surface area contributed by atoms with Crippen molar-refractivity contribution >= 4 is 34.3 Å². The quantitative estimate of drug-likeness (QED) is 0.521. The van der Waals surface area contributed by atoms with Crippen molar-refractivity contribution in [2.75, 3.05) is 11.5 Å². The first-order valence-corrected chi connectivity index (χ1v) is 5.95. The van der Waals surface area contributed by atoms with E-state index in [-0.39, 0.29) is 5.28 Å². The molecule has 0 unspecified atom stereocenters. The molecule has 2 aromatic heterocycles. The minimum absolute atomic E-state index is 0.165. The number of aryl methyl sites for hydroxylation is 1. The number of aromatic nitrogens is 4. The largest absolute Gasteiger partial charge is 0.398 e. The molecule has 0 bridgehead atoms. The summed E-state index contributed by atoms with van der Waals surface area (Å²) in [6, 6.07) is 5.41. The molecule has 2 heterocycles. The van der Waals surface area contributed by atoms with Gasteiger partial charge in [0.1, 0.15) is 5.52 Å². The van der Waals surface area contributed by atoms with Gasteiger partial charge < -0.3 is 16.0 Å². The third kappa shape index (κ3) is 1.77. The number of fused-ring (bicyclic) bond motifs is 1. The average Bonchev–Trinajstić information content (AvgIpc) is 2.65. The Morgan fingerprint density at radius 3 is 2.68 bits per heavy atom. The summed E-state index contributed by atoms with van der Waals surface area (Å²) in [6.07, 6.45) is 1.58. The highest BCUT2D eigenvalue weighted by Gasteiger charge is 2.15. The topological polar surface area (TPSA) is 95.6 Å². The van der Waals surface area contributed by atoms with E-state index in [1.54, 1.807) is 22.9 Å². The van der Waals surface area contributed by atoms with Crippen molar-refractivity contribution in [3.8, 4) is 11.3 Å². The lowest BCUT2D eigenvalue weighted by atomic mass is 10.1. The van der Waals surface area contributed by atoms with Crippen LogP contribution in [0.25, 0.3) is 22.3 Å². The van der Waals surface area contributed by atoms with Gasteiger partial charge in [-0.15, -0.1) is 0 Å². The molecule has 0 amide bonds. The van der Waals surface area contributed by atoms with E-state index in [4.69, 9.17) is 23.1 Å². The summed E-state index contributed by atoms with van der Waals surface area (Å²) in [7, 11) is 1.84. The van der Waals surface area contributed by atoms with Gasteiger partial charge in [0.2, 0.25) is 11.2 Å². The highest BCUT2D eigenvalue weighted by molar-refractivity contribution is 6.28. The number of anilines is 2. The van der Waals surface area contributed by atoms with Gasteiger partial charge in [-0.25, -0.2) is 15.0 Å². The Morgan fingerprint density at radius 1 is 1.16 bits per heavy atom. The number of hydrogen-bond acceptors (Lipinski definition) is 5. The van der Waals surface area contributed by atoms with Crippen molar-refractivity contribution in [1.82, 2.24) is 19.5 Å². The zero-order valence-corrected chi connectivity index (χ0v) is 10.9. The summed E-state index contributed by atoms with van der Waals surface area (Å²) < 4.78 is 1.79. The minimum Gasteiger partial charge on any atom is -0.398 e. The van der Waals surface area contributed by atoms with Gasteiger partial charge >= 0.3 is 0 Å². The van der Waals surface area contributed by atoms with Crippen LogP contribution in [-0.4, -0.2) is 19.5 Å². The van der Waals surface area contributed by atoms with Crippen LogP contribution >= 0.6 is 11.6 Å². The van der Waals surface area contributed by atoms with Crippen LogP contribution in [-0.2, 0) is 7.05 Å². The summed E-state index contributed by atoms with van der Waals surface area (Å²) in [5.41, 5.74) is 15.4. The Bertz CT molecular complexity index is 779. The first-order valence-electron chi connectivity index (χ1n) is 5.57. The number of rotatable bonds is 1. The second-order valence-corrected chi connectivity index (χ2v) is 4.48.